The van der Waals surface area contributed by atoms with Crippen molar-refractivity contribution in [1.29, 1.82) is 5.26 Å². The average Bonchev–Trinajstić information content (AvgIpc) is 2.79. The van der Waals surface area contributed by atoms with Gasteiger partial charge >= 0.3 is 0 Å². The minimum Gasteiger partial charge on any atom is -0.489 e. The maximum Gasteiger partial charge on any atom is 0.271 e. The molecule has 1 aliphatic heterocycles. The van der Waals surface area contributed by atoms with E-state index in [-0.39, 0.29) is 11.5 Å². The molecule has 1 heterocycles. The molecule has 5 nitrogen and oxygen atoms in total. The highest BCUT2D eigenvalue weighted by Gasteiger charge is 2.34. The van der Waals surface area contributed by atoms with E-state index in [2.05, 4.69) is 6.92 Å². The van der Waals surface area contributed by atoms with Crippen LogP contribution in [0.5, 0.6) is 5.75 Å². The lowest BCUT2D eigenvalue weighted by Crippen LogP contribution is -2.43. The summed E-state index contributed by atoms with van der Waals surface area (Å²) in [6, 6.07) is 19.3. The molecular weight excluding hydrogens is 388 g/mol. The van der Waals surface area contributed by atoms with Gasteiger partial charge in [-0.05, 0) is 48.3 Å². The number of nitrogens with zero attached hydrogens (tertiary/aromatic N) is 2. The third-order valence-corrected chi connectivity index (χ3v) is 5.25. The number of amides is 2. The second-order valence-electron chi connectivity index (χ2n) is 7.48. The number of carbonyl (C=O) groups is 2. The molecule has 5 heteroatoms. The van der Waals surface area contributed by atoms with E-state index in [0.29, 0.717) is 24.3 Å². The minimum absolute atomic E-state index is 0.0326. The van der Waals surface area contributed by atoms with Gasteiger partial charge in [0.2, 0.25) is 0 Å². The van der Waals surface area contributed by atoms with Crippen LogP contribution in [0.4, 0.5) is 0 Å². The van der Waals surface area contributed by atoms with E-state index in [9.17, 15) is 14.9 Å². The van der Waals surface area contributed by atoms with Crippen LogP contribution in [0, 0.1) is 11.3 Å². The lowest BCUT2D eigenvalue weighted by atomic mass is 9.93. The van der Waals surface area contributed by atoms with Crippen molar-refractivity contribution in [3.8, 4) is 11.8 Å². The second kappa shape index (κ2) is 10.4. The lowest BCUT2D eigenvalue weighted by Gasteiger charge is -2.27. The molecule has 0 saturated heterocycles. The molecule has 0 fully saturated rings. The summed E-state index contributed by atoms with van der Waals surface area (Å²) < 4.78 is 5.81. The van der Waals surface area contributed by atoms with Crippen LogP contribution in [0.15, 0.2) is 71.3 Å². The van der Waals surface area contributed by atoms with E-state index in [1.807, 2.05) is 60.7 Å². The second-order valence-corrected chi connectivity index (χ2v) is 7.48. The van der Waals surface area contributed by atoms with Gasteiger partial charge < -0.3 is 4.74 Å². The molecule has 2 aromatic carbocycles. The van der Waals surface area contributed by atoms with Crippen LogP contribution >= 0.6 is 0 Å². The number of imide groups is 1. The van der Waals surface area contributed by atoms with Crippen LogP contribution in [0.2, 0.25) is 0 Å². The van der Waals surface area contributed by atoms with Gasteiger partial charge in [0.15, 0.2) is 0 Å². The number of carbonyl (C=O) groups excluding carboxylic acids is 2. The summed E-state index contributed by atoms with van der Waals surface area (Å²) in [7, 11) is 0. The van der Waals surface area contributed by atoms with E-state index in [1.165, 1.54) is 4.90 Å². The molecule has 0 saturated carbocycles. The van der Waals surface area contributed by atoms with Crippen molar-refractivity contribution in [1.82, 2.24) is 4.90 Å². The molecule has 158 valence electrons. The molecule has 2 aromatic rings. The van der Waals surface area contributed by atoms with Crippen LogP contribution in [-0.2, 0) is 16.2 Å². The summed E-state index contributed by atoms with van der Waals surface area (Å²) in [5.74, 6) is -0.118. The summed E-state index contributed by atoms with van der Waals surface area (Å²) in [5.41, 5.74) is 2.72. The third-order valence-electron chi connectivity index (χ3n) is 5.25. The molecule has 0 spiro atoms. The fourth-order valence-electron chi connectivity index (χ4n) is 3.42. The fourth-order valence-corrected chi connectivity index (χ4v) is 3.42. The molecule has 0 radical (unpaired) electrons. The highest BCUT2D eigenvalue weighted by atomic mass is 16.5. The Morgan fingerprint density at radius 2 is 1.71 bits per heavy atom. The van der Waals surface area contributed by atoms with Gasteiger partial charge in [0.1, 0.15) is 24.0 Å². The highest BCUT2D eigenvalue weighted by molar-refractivity contribution is 6.19. The smallest absolute Gasteiger partial charge is 0.271 e. The van der Waals surface area contributed by atoms with E-state index in [1.54, 1.807) is 13.0 Å². The largest absolute Gasteiger partial charge is 0.489 e. The Hall–Kier alpha value is -3.65. The normalized spacial score (nSPS) is 15.4. The van der Waals surface area contributed by atoms with Gasteiger partial charge in [0, 0.05) is 12.1 Å². The van der Waals surface area contributed by atoms with Crippen molar-refractivity contribution < 1.29 is 14.3 Å². The van der Waals surface area contributed by atoms with Crippen molar-refractivity contribution in [2.75, 3.05) is 6.54 Å². The SMILES string of the molecule is CCCCCN1C(=O)C(C#N)=C(C)/C(=C\c2ccc(OCc3ccccc3)cc2)C1=O. The quantitative estimate of drug-likeness (QED) is 0.344. The molecule has 0 atom stereocenters. The van der Waals surface area contributed by atoms with E-state index >= 15 is 0 Å². The summed E-state index contributed by atoms with van der Waals surface area (Å²) >= 11 is 0. The number of nitriles is 1. The molecule has 0 N–H and O–H groups in total. The van der Waals surface area contributed by atoms with Crippen LogP contribution in [0.3, 0.4) is 0 Å². The van der Waals surface area contributed by atoms with Gasteiger partial charge in [0.05, 0.1) is 0 Å². The maximum atomic E-state index is 13.0. The molecule has 0 bridgehead atoms. The third kappa shape index (κ3) is 5.29. The minimum atomic E-state index is -0.497. The number of hydrogen-bond donors (Lipinski definition) is 0. The number of benzene rings is 2. The number of ether oxygens (including phenoxy) is 1. The van der Waals surface area contributed by atoms with Gasteiger partial charge in [-0.3, -0.25) is 14.5 Å². The van der Waals surface area contributed by atoms with Crippen molar-refractivity contribution in [2.24, 2.45) is 0 Å². The van der Waals surface area contributed by atoms with Crippen molar-refractivity contribution in [3.63, 3.8) is 0 Å². The van der Waals surface area contributed by atoms with Crippen LogP contribution < -0.4 is 4.74 Å². The zero-order chi connectivity index (χ0) is 22.2. The van der Waals surface area contributed by atoms with Gasteiger partial charge in [-0.2, -0.15) is 5.26 Å². The van der Waals surface area contributed by atoms with E-state index in [0.717, 1.165) is 36.1 Å². The standard InChI is InChI=1S/C26H26N2O3/c1-3-4-8-15-28-25(29)23(19(2)24(17-27)26(28)30)16-20-11-13-22(14-12-20)31-18-21-9-6-5-7-10-21/h5-7,9-14,16H,3-4,8,15,18H2,1-2H3/b23-16+. The average molecular weight is 415 g/mol. The summed E-state index contributed by atoms with van der Waals surface area (Å²) in [6.45, 7) is 4.51. The van der Waals surface area contributed by atoms with Gasteiger partial charge in [-0.1, -0.05) is 62.2 Å². The Kier molecular flexibility index (Phi) is 7.40. The zero-order valence-corrected chi connectivity index (χ0v) is 17.9. The van der Waals surface area contributed by atoms with E-state index in [4.69, 9.17) is 4.74 Å². The number of hydrogen-bond acceptors (Lipinski definition) is 4. The van der Waals surface area contributed by atoms with Crippen molar-refractivity contribution in [2.45, 2.75) is 39.7 Å². The first kappa shape index (κ1) is 22.0. The molecule has 0 aromatic heterocycles. The molecule has 31 heavy (non-hydrogen) atoms. The Balaban J connectivity index is 1.79. The number of rotatable bonds is 8. The lowest BCUT2D eigenvalue weighted by molar-refractivity contribution is -0.140. The molecular formula is C26H26N2O3. The first-order chi connectivity index (χ1) is 15.0. The van der Waals surface area contributed by atoms with Gasteiger partial charge in [-0.25, -0.2) is 0 Å². The first-order valence-electron chi connectivity index (χ1n) is 10.5. The molecule has 2 amide bonds. The Morgan fingerprint density at radius 1 is 1.00 bits per heavy atom. The maximum absolute atomic E-state index is 13.0. The Bertz CT molecular complexity index is 1040. The molecule has 3 rings (SSSR count). The summed E-state index contributed by atoms with van der Waals surface area (Å²) in [6.07, 6.45) is 4.37. The highest BCUT2D eigenvalue weighted by Crippen LogP contribution is 2.28. The molecule has 0 aliphatic carbocycles. The summed E-state index contributed by atoms with van der Waals surface area (Å²) in [4.78, 5) is 26.8. The Labute approximate surface area is 183 Å². The molecule has 0 unspecified atom stereocenters. The van der Waals surface area contributed by atoms with Crippen LogP contribution in [0.1, 0.15) is 44.2 Å². The van der Waals surface area contributed by atoms with Crippen LogP contribution in [-0.4, -0.2) is 23.3 Å². The number of unbranched alkanes of at least 4 members (excludes halogenated alkanes) is 2. The monoisotopic (exact) mass is 414 g/mol. The fraction of sp³-hybridized carbons (Fsp3) is 0.269. The predicted octanol–water partition coefficient (Wildman–Crippen LogP) is 5.05. The predicted molar refractivity (Wildman–Crippen MR) is 120 cm³/mol. The van der Waals surface area contributed by atoms with E-state index < -0.39 is 5.91 Å². The van der Waals surface area contributed by atoms with Gasteiger partial charge in [-0.15, -0.1) is 0 Å². The molecule has 1 aliphatic rings. The van der Waals surface area contributed by atoms with Gasteiger partial charge in [0.25, 0.3) is 11.8 Å². The van der Waals surface area contributed by atoms with Crippen molar-refractivity contribution >= 4 is 17.9 Å². The first-order valence-corrected chi connectivity index (χ1v) is 10.5. The van der Waals surface area contributed by atoms with Crippen molar-refractivity contribution in [3.05, 3.63) is 82.4 Å². The zero-order valence-electron chi connectivity index (χ0n) is 17.9. The van der Waals surface area contributed by atoms with Crippen LogP contribution in [0.25, 0.3) is 6.08 Å². The Morgan fingerprint density at radius 3 is 2.35 bits per heavy atom. The topological polar surface area (TPSA) is 70.4 Å². The summed E-state index contributed by atoms with van der Waals surface area (Å²) in [5, 5.41) is 9.47.